The predicted molar refractivity (Wildman–Crippen MR) is 159 cm³/mol. The first kappa shape index (κ1) is 29.8. The van der Waals surface area contributed by atoms with E-state index in [1.165, 1.54) is 12.1 Å². The number of fused-ring (bicyclic) bond motifs is 1. The molecule has 7 nitrogen and oxygen atoms in total. The molecule has 2 atom stereocenters. The van der Waals surface area contributed by atoms with Crippen molar-refractivity contribution in [2.24, 2.45) is 17.8 Å². The van der Waals surface area contributed by atoms with Crippen LogP contribution in [0.1, 0.15) is 42.1 Å². The van der Waals surface area contributed by atoms with Crippen LogP contribution in [0.5, 0.6) is 0 Å². The Morgan fingerprint density at radius 1 is 0.951 bits per heavy atom. The van der Waals surface area contributed by atoms with Gasteiger partial charge in [0.25, 0.3) is 5.91 Å². The molecular formula is C31H37Cl2FN4O3. The summed E-state index contributed by atoms with van der Waals surface area (Å²) in [5.41, 5.74) is 1.80. The lowest BCUT2D eigenvalue weighted by Crippen LogP contribution is -2.44. The van der Waals surface area contributed by atoms with Crippen molar-refractivity contribution in [1.29, 1.82) is 0 Å². The van der Waals surface area contributed by atoms with Crippen molar-refractivity contribution in [1.82, 2.24) is 14.7 Å². The van der Waals surface area contributed by atoms with E-state index in [-0.39, 0.29) is 34.2 Å². The second kappa shape index (κ2) is 12.7. The third-order valence-electron chi connectivity index (χ3n) is 8.91. The Morgan fingerprint density at radius 3 is 2.27 bits per heavy atom. The van der Waals surface area contributed by atoms with Gasteiger partial charge in [0.05, 0.1) is 10.6 Å². The summed E-state index contributed by atoms with van der Waals surface area (Å²) in [5.74, 6) is -0.235. The van der Waals surface area contributed by atoms with E-state index in [9.17, 15) is 18.8 Å². The summed E-state index contributed by atoms with van der Waals surface area (Å²) in [4.78, 5) is 46.3. The lowest BCUT2D eigenvalue weighted by molar-refractivity contribution is -0.133. The number of carbonyl (C=O) groups excluding carboxylic acids is 3. The third kappa shape index (κ3) is 6.55. The van der Waals surface area contributed by atoms with Crippen LogP contribution in [0.4, 0.5) is 10.1 Å². The fourth-order valence-electron chi connectivity index (χ4n) is 6.51. The van der Waals surface area contributed by atoms with Crippen LogP contribution < -0.4 is 4.90 Å². The second-order valence-corrected chi connectivity index (χ2v) is 12.5. The van der Waals surface area contributed by atoms with Crippen LogP contribution in [0.25, 0.3) is 0 Å². The smallest absolute Gasteiger partial charge is 0.256 e. The minimum absolute atomic E-state index is 0.0299. The van der Waals surface area contributed by atoms with Crippen LogP contribution in [-0.4, -0.2) is 84.8 Å². The lowest BCUT2D eigenvalue weighted by atomic mass is 9.94. The molecule has 2 aromatic rings. The first-order valence-electron chi connectivity index (χ1n) is 14.4. The molecule has 0 spiro atoms. The van der Waals surface area contributed by atoms with Gasteiger partial charge in [-0.1, -0.05) is 35.3 Å². The normalized spacial score (nSPS) is 21.3. The van der Waals surface area contributed by atoms with Crippen molar-refractivity contribution in [3.05, 3.63) is 63.4 Å². The van der Waals surface area contributed by atoms with Gasteiger partial charge in [-0.05, 0) is 74.4 Å². The Morgan fingerprint density at radius 2 is 1.63 bits per heavy atom. The van der Waals surface area contributed by atoms with Gasteiger partial charge in [0.15, 0.2) is 5.82 Å². The zero-order valence-electron chi connectivity index (χ0n) is 23.6. The van der Waals surface area contributed by atoms with Crippen LogP contribution in [0, 0.1) is 30.5 Å². The van der Waals surface area contributed by atoms with Crippen molar-refractivity contribution < 1.29 is 18.8 Å². The Bertz CT molecular complexity index is 1300. The molecule has 5 rings (SSSR count). The Labute approximate surface area is 251 Å². The summed E-state index contributed by atoms with van der Waals surface area (Å²) in [5, 5.41) is 0.596. The molecule has 3 amide bonds. The van der Waals surface area contributed by atoms with Crippen LogP contribution >= 0.6 is 23.2 Å². The van der Waals surface area contributed by atoms with Gasteiger partial charge in [-0.3, -0.25) is 14.4 Å². The first-order valence-corrected chi connectivity index (χ1v) is 15.2. The summed E-state index contributed by atoms with van der Waals surface area (Å²) in [6.07, 6.45) is 2.13. The van der Waals surface area contributed by atoms with Gasteiger partial charge >= 0.3 is 0 Å². The summed E-state index contributed by atoms with van der Waals surface area (Å²) < 4.78 is 14.4. The van der Waals surface area contributed by atoms with Crippen LogP contribution in [-0.2, 0) is 9.59 Å². The highest BCUT2D eigenvalue weighted by Crippen LogP contribution is 2.33. The zero-order chi connectivity index (χ0) is 29.3. The largest absolute Gasteiger partial charge is 0.343 e. The molecule has 0 bridgehead atoms. The maximum atomic E-state index is 14.4. The van der Waals surface area contributed by atoms with E-state index in [1.807, 2.05) is 30.0 Å². The molecule has 0 saturated carbocycles. The average Bonchev–Trinajstić information content (AvgIpc) is 3.53. The summed E-state index contributed by atoms with van der Waals surface area (Å²) >= 11 is 12.3. The first-order chi connectivity index (χ1) is 19.6. The number of aryl methyl sites for hydroxylation is 1. The predicted octanol–water partition coefficient (Wildman–Crippen LogP) is 5.13. The minimum atomic E-state index is -0.656. The van der Waals surface area contributed by atoms with E-state index in [4.69, 9.17) is 23.2 Å². The van der Waals surface area contributed by atoms with E-state index < -0.39 is 5.82 Å². The van der Waals surface area contributed by atoms with Gasteiger partial charge in [-0.25, -0.2) is 4.39 Å². The molecule has 3 fully saturated rings. The standard InChI is InChI=1S/C31H37Cl2FN4O3/c1-20-7-8-25(15-28(20)33)38(30(40)22-9-13-36(14-10-22)21(2)39)12-4-11-35-16-23-18-37(19-24(23)17-35)31(41)26-5-3-6-27(32)29(26)34/h3,5-8,15,22-24H,4,9-14,16-19H2,1-2H3. The van der Waals surface area contributed by atoms with E-state index in [0.717, 1.165) is 37.3 Å². The number of anilines is 1. The molecular weight excluding hydrogens is 566 g/mol. The van der Waals surface area contributed by atoms with Crippen molar-refractivity contribution in [2.75, 3.05) is 57.3 Å². The van der Waals surface area contributed by atoms with Crippen LogP contribution in [0.15, 0.2) is 36.4 Å². The topological polar surface area (TPSA) is 64.2 Å². The molecule has 10 heteroatoms. The number of halogens is 3. The highest BCUT2D eigenvalue weighted by atomic mass is 35.5. The fraction of sp³-hybridized carbons (Fsp3) is 0.516. The Kier molecular flexibility index (Phi) is 9.21. The monoisotopic (exact) mass is 602 g/mol. The molecule has 0 N–H and O–H groups in total. The SMILES string of the molecule is CC(=O)N1CCC(C(=O)N(CCCN2CC3CN(C(=O)c4cccc(Cl)c4F)CC3C2)c2ccc(C)c(Cl)c2)CC1. The average molecular weight is 604 g/mol. The number of likely N-dealkylation sites (tertiary alicyclic amines) is 3. The third-order valence-corrected chi connectivity index (χ3v) is 9.61. The van der Waals surface area contributed by atoms with E-state index in [1.54, 1.807) is 22.8 Å². The minimum Gasteiger partial charge on any atom is -0.343 e. The molecule has 220 valence electrons. The van der Waals surface area contributed by atoms with Crippen molar-refractivity contribution >= 4 is 46.6 Å². The molecule has 41 heavy (non-hydrogen) atoms. The van der Waals surface area contributed by atoms with Gasteiger partial charge in [-0.15, -0.1) is 0 Å². The summed E-state index contributed by atoms with van der Waals surface area (Å²) in [6, 6.07) is 10.3. The maximum Gasteiger partial charge on any atom is 0.256 e. The second-order valence-electron chi connectivity index (χ2n) is 11.6. The molecule has 0 aromatic heterocycles. The molecule has 2 aromatic carbocycles. The number of amides is 3. The highest BCUT2D eigenvalue weighted by molar-refractivity contribution is 6.31. The van der Waals surface area contributed by atoms with E-state index >= 15 is 0 Å². The van der Waals surface area contributed by atoms with Gasteiger partial charge < -0.3 is 19.6 Å². The maximum absolute atomic E-state index is 14.4. The highest BCUT2D eigenvalue weighted by Gasteiger charge is 2.42. The molecule has 3 aliphatic rings. The van der Waals surface area contributed by atoms with Crippen LogP contribution in [0.3, 0.4) is 0 Å². The molecule has 2 unspecified atom stereocenters. The van der Waals surface area contributed by atoms with E-state index in [2.05, 4.69) is 4.90 Å². The van der Waals surface area contributed by atoms with Gasteiger partial charge in [0, 0.05) is 69.4 Å². The number of hydrogen-bond donors (Lipinski definition) is 0. The van der Waals surface area contributed by atoms with Crippen LogP contribution in [0.2, 0.25) is 10.0 Å². The number of nitrogens with zero attached hydrogens (tertiary/aromatic N) is 4. The Balaban J connectivity index is 1.17. The summed E-state index contributed by atoms with van der Waals surface area (Å²) in [7, 11) is 0. The molecule has 3 aliphatic heterocycles. The van der Waals surface area contributed by atoms with Gasteiger partial charge in [0.1, 0.15) is 0 Å². The molecule has 0 aliphatic carbocycles. The van der Waals surface area contributed by atoms with Crippen molar-refractivity contribution in [3.63, 3.8) is 0 Å². The fourth-order valence-corrected chi connectivity index (χ4v) is 6.86. The molecule has 3 saturated heterocycles. The number of carbonyl (C=O) groups is 3. The number of piperidine rings is 1. The number of rotatable bonds is 7. The van der Waals surface area contributed by atoms with E-state index in [0.29, 0.717) is 62.4 Å². The summed E-state index contributed by atoms with van der Waals surface area (Å²) in [6.45, 7) is 9.12. The molecule has 0 radical (unpaired) electrons. The van der Waals surface area contributed by atoms with Gasteiger partial charge in [-0.2, -0.15) is 0 Å². The quantitative estimate of drug-likeness (QED) is 0.441. The lowest BCUT2D eigenvalue weighted by Gasteiger charge is -2.34. The zero-order valence-corrected chi connectivity index (χ0v) is 25.1. The van der Waals surface area contributed by atoms with Crippen molar-refractivity contribution in [3.8, 4) is 0 Å². The number of hydrogen-bond acceptors (Lipinski definition) is 4. The molecule has 3 heterocycles. The number of benzene rings is 2. The van der Waals surface area contributed by atoms with Crippen molar-refractivity contribution in [2.45, 2.75) is 33.1 Å². The van der Waals surface area contributed by atoms with Gasteiger partial charge in [0.2, 0.25) is 11.8 Å². The Hall–Kier alpha value is -2.68.